The smallest absolute Gasteiger partial charge is 0.234 e. The molecule has 102 valence electrons. The van der Waals surface area contributed by atoms with Crippen LogP contribution in [0.3, 0.4) is 0 Å². The molecule has 1 aliphatic heterocycles. The predicted molar refractivity (Wildman–Crippen MR) is 79.4 cm³/mol. The van der Waals surface area contributed by atoms with Gasteiger partial charge in [-0.1, -0.05) is 32.0 Å². The maximum absolute atomic E-state index is 12.3. The third-order valence-electron chi connectivity index (χ3n) is 4.25. The van der Waals surface area contributed by atoms with E-state index in [1.165, 1.54) is 16.9 Å². The van der Waals surface area contributed by atoms with Crippen LogP contribution in [-0.4, -0.2) is 17.2 Å². The van der Waals surface area contributed by atoms with E-state index in [2.05, 4.69) is 37.4 Å². The number of hydrogen-bond donors (Lipinski definition) is 1. The molecule has 0 bridgehead atoms. The van der Waals surface area contributed by atoms with Gasteiger partial charge in [-0.3, -0.25) is 4.79 Å². The van der Waals surface area contributed by atoms with Gasteiger partial charge in [0.05, 0.1) is 5.25 Å². The zero-order chi connectivity index (χ0) is 13.5. The molecule has 1 heterocycles. The fourth-order valence-electron chi connectivity index (χ4n) is 3.18. The van der Waals surface area contributed by atoms with Crippen molar-refractivity contribution in [3.63, 3.8) is 0 Å². The molecule has 19 heavy (non-hydrogen) atoms. The van der Waals surface area contributed by atoms with E-state index < -0.39 is 0 Å². The van der Waals surface area contributed by atoms with Crippen molar-refractivity contribution >= 4 is 17.7 Å². The maximum atomic E-state index is 12.3. The third kappa shape index (κ3) is 2.81. The molecular formula is C16H21NOS. The zero-order valence-electron chi connectivity index (χ0n) is 11.6. The van der Waals surface area contributed by atoms with Crippen LogP contribution < -0.4 is 5.32 Å². The Balaban J connectivity index is 1.59. The average molecular weight is 275 g/mol. The second kappa shape index (κ2) is 4.86. The highest BCUT2D eigenvalue weighted by atomic mass is 32.2. The summed E-state index contributed by atoms with van der Waals surface area (Å²) in [5, 5.41) is 3.32. The number of fused-ring (bicyclic) bond motifs is 1. The lowest BCUT2D eigenvalue weighted by molar-refractivity contribution is -0.121. The first-order chi connectivity index (χ1) is 9.03. The Labute approximate surface area is 119 Å². The monoisotopic (exact) mass is 275 g/mol. The van der Waals surface area contributed by atoms with E-state index in [1.807, 2.05) is 6.07 Å². The number of benzene rings is 1. The van der Waals surface area contributed by atoms with Crippen LogP contribution >= 0.6 is 11.8 Å². The van der Waals surface area contributed by atoms with Crippen molar-refractivity contribution < 1.29 is 4.79 Å². The Hall–Kier alpha value is -0.960. The Morgan fingerprint density at radius 2 is 2.16 bits per heavy atom. The number of hydrogen-bond acceptors (Lipinski definition) is 2. The van der Waals surface area contributed by atoms with Crippen molar-refractivity contribution in [2.45, 2.75) is 55.7 Å². The highest BCUT2D eigenvalue weighted by Gasteiger charge is 2.34. The molecule has 1 aromatic rings. The Morgan fingerprint density at radius 1 is 1.37 bits per heavy atom. The third-order valence-corrected chi connectivity index (χ3v) is 5.57. The summed E-state index contributed by atoms with van der Waals surface area (Å²) in [6.45, 7) is 4.58. The Kier molecular flexibility index (Phi) is 3.34. The topological polar surface area (TPSA) is 29.1 Å². The van der Waals surface area contributed by atoms with Gasteiger partial charge in [0.1, 0.15) is 0 Å². The summed E-state index contributed by atoms with van der Waals surface area (Å²) in [7, 11) is 0. The predicted octanol–water partition coefficient (Wildman–Crippen LogP) is 3.40. The second-order valence-corrected chi connectivity index (χ2v) is 7.78. The van der Waals surface area contributed by atoms with Crippen LogP contribution in [-0.2, 0) is 11.2 Å². The summed E-state index contributed by atoms with van der Waals surface area (Å²) in [6, 6.07) is 8.73. The fourth-order valence-corrected chi connectivity index (χ4v) is 4.39. The van der Waals surface area contributed by atoms with Crippen LogP contribution in [0.15, 0.2) is 29.2 Å². The molecule has 1 aromatic carbocycles. The minimum atomic E-state index is 0.0705. The summed E-state index contributed by atoms with van der Waals surface area (Å²) in [4.78, 5) is 13.6. The number of carbonyl (C=O) groups excluding carboxylic acids is 1. The molecule has 1 N–H and O–H groups in total. The molecular weight excluding hydrogens is 254 g/mol. The molecule has 2 aliphatic rings. The molecule has 2 nitrogen and oxygen atoms in total. The molecule has 1 fully saturated rings. The van der Waals surface area contributed by atoms with Crippen LogP contribution in [0.4, 0.5) is 0 Å². The highest BCUT2D eigenvalue weighted by molar-refractivity contribution is 8.01. The minimum Gasteiger partial charge on any atom is -0.352 e. The summed E-state index contributed by atoms with van der Waals surface area (Å²) >= 11 is 1.72. The van der Waals surface area contributed by atoms with Crippen molar-refractivity contribution in [2.24, 2.45) is 5.41 Å². The average Bonchev–Trinajstić information content (AvgIpc) is 2.92. The lowest BCUT2D eigenvalue weighted by Crippen LogP contribution is -2.39. The summed E-state index contributed by atoms with van der Waals surface area (Å²) in [5.74, 6) is 0.226. The molecule has 3 rings (SSSR count). The largest absolute Gasteiger partial charge is 0.352 e. The van der Waals surface area contributed by atoms with E-state index in [4.69, 9.17) is 0 Å². The quantitative estimate of drug-likeness (QED) is 0.896. The fraction of sp³-hybridized carbons (Fsp3) is 0.562. The molecule has 0 saturated heterocycles. The molecule has 0 aromatic heterocycles. The summed E-state index contributed by atoms with van der Waals surface area (Å²) in [6.07, 6.45) is 4.34. The minimum absolute atomic E-state index is 0.0705. The first-order valence-electron chi connectivity index (χ1n) is 7.08. The first kappa shape index (κ1) is 13.0. The van der Waals surface area contributed by atoms with Crippen molar-refractivity contribution in [3.8, 4) is 0 Å². The van der Waals surface area contributed by atoms with E-state index in [0.717, 1.165) is 19.3 Å². The number of thioether (sulfide) groups is 1. The van der Waals surface area contributed by atoms with Crippen LogP contribution in [0, 0.1) is 5.41 Å². The highest BCUT2D eigenvalue weighted by Crippen LogP contribution is 2.39. The summed E-state index contributed by atoms with van der Waals surface area (Å²) < 4.78 is 0. The van der Waals surface area contributed by atoms with Crippen LogP contribution in [0.5, 0.6) is 0 Å². The van der Waals surface area contributed by atoms with Gasteiger partial charge in [-0.15, -0.1) is 11.8 Å². The van der Waals surface area contributed by atoms with Crippen LogP contribution in [0.2, 0.25) is 0 Å². The molecule has 2 unspecified atom stereocenters. The normalized spacial score (nSPS) is 28.1. The van der Waals surface area contributed by atoms with Gasteiger partial charge in [0.2, 0.25) is 5.91 Å². The van der Waals surface area contributed by atoms with Gasteiger partial charge in [0, 0.05) is 10.9 Å². The zero-order valence-corrected chi connectivity index (χ0v) is 12.4. The van der Waals surface area contributed by atoms with E-state index >= 15 is 0 Å². The van der Waals surface area contributed by atoms with Gasteiger partial charge >= 0.3 is 0 Å². The maximum Gasteiger partial charge on any atom is 0.234 e. The SMILES string of the molecule is CC1(C)CCC(NC(=O)C2Cc3ccccc3S2)C1. The van der Waals surface area contributed by atoms with Gasteiger partial charge in [-0.25, -0.2) is 0 Å². The Bertz CT molecular complexity index is 472. The van der Waals surface area contributed by atoms with E-state index in [0.29, 0.717) is 11.5 Å². The number of rotatable bonds is 2. The molecule has 1 saturated carbocycles. The molecule has 3 heteroatoms. The van der Waals surface area contributed by atoms with Crippen molar-refractivity contribution in [3.05, 3.63) is 29.8 Å². The molecule has 0 spiro atoms. The standard InChI is InChI=1S/C16H21NOS/c1-16(2)8-7-12(10-16)17-15(18)14-9-11-5-3-4-6-13(11)19-14/h3-6,12,14H,7-10H2,1-2H3,(H,17,18). The molecule has 1 aliphatic carbocycles. The molecule has 1 amide bonds. The Morgan fingerprint density at radius 3 is 2.84 bits per heavy atom. The van der Waals surface area contributed by atoms with Crippen LogP contribution in [0.25, 0.3) is 0 Å². The van der Waals surface area contributed by atoms with Gasteiger partial charge < -0.3 is 5.32 Å². The van der Waals surface area contributed by atoms with E-state index in [-0.39, 0.29) is 11.2 Å². The van der Waals surface area contributed by atoms with Crippen molar-refractivity contribution in [1.29, 1.82) is 0 Å². The number of amides is 1. The van der Waals surface area contributed by atoms with Gasteiger partial charge in [-0.05, 0) is 42.7 Å². The van der Waals surface area contributed by atoms with E-state index in [1.54, 1.807) is 11.8 Å². The van der Waals surface area contributed by atoms with Crippen molar-refractivity contribution in [1.82, 2.24) is 5.32 Å². The lowest BCUT2D eigenvalue weighted by Gasteiger charge is -2.19. The number of nitrogens with one attached hydrogen (secondary N) is 1. The van der Waals surface area contributed by atoms with Gasteiger partial charge in [-0.2, -0.15) is 0 Å². The molecule has 2 atom stereocenters. The van der Waals surface area contributed by atoms with E-state index in [9.17, 15) is 4.79 Å². The van der Waals surface area contributed by atoms with Gasteiger partial charge in [0.25, 0.3) is 0 Å². The van der Waals surface area contributed by atoms with Crippen LogP contribution in [0.1, 0.15) is 38.7 Å². The first-order valence-corrected chi connectivity index (χ1v) is 7.96. The van der Waals surface area contributed by atoms with Crippen molar-refractivity contribution in [2.75, 3.05) is 0 Å². The number of carbonyl (C=O) groups is 1. The lowest BCUT2D eigenvalue weighted by atomic mass is 9.92. The summed E-state index contributed by atoms with van der Waals surface area (Å²) in [5.41, 5.74) is 1.71. The molecule has 0 radical (unpaired) electrons. The van der Waals surface area contributed by atoms with Gasteiger partial charge in [0.15, 0.2) is 0 Å². The second-order valence-electron chi connectivity index (χ2n) is 6.53.